The van der Waals surface area contributed by atoms with Gasteiger partial charge in [-0.1, -0.05) is 30.3 Å². The largest absolute Gasteiger partial charge is 0.451 e. The van der Waals surface area contributed by atoms with E-state index < -0.39 is 6.09 Å². The molecule has 2 aromatic heterocycles. The van der Waals surface area contributed by atoms with E-state index in [9.17, 15) is 9.59 Å². The number of aromatic nitrogens is 2. The fraction of sp³-hybridized carbons (Fsp3) is 0.217. The highest BCUT2D eigenvalue weighted by Gasteiger charge is 2.19. The average Bonchev–Trinajstić information content (AvgIpc) is 3.05. The molecule has 2 heterocycles. The third kappa shape index (κ3) is 5.36. The number of amides is 2. The van der Waals surface area contributed by atoms with Crippen LogP contribution < -0.4 is 11.1 Å². The number of H-pyrrole nitrogens is 1. The lowest BCUT2D eigenvalue weighted by atomic mass is 10.0. The normalized spacial score (nSPS) is 11.3. The summed E-state index contributed by atoms with van der Waals surface area (Å²) in [6.45, 7) is 4.20. The second-order valence-electron chi connectivity index (χ2n) is 7.07. The molecular formula is C23H25N5O3. The van der Waals surface area contributed by atoms with Crippen LogP contribution in [0.15, 0.2) is 53.7 Å². The predicted octanol–water partition coefficient (Wildman–Crippen LogP) is 3.02. The number of methoxy groups -OCH3 is 1. The highest BCUT2D eigenvalue weighted by Crippen LogP contribution is 2.21. The fourth-order valence-electron chi connectivity index (χ4n) is 3.32. The van der Waals surface area contributed by atoms with Gasteiger partial charge in [0.1, 0.15) is 5.84 Å². The molecule has 3 rings (SSSR count). The van der Waals surface area contributed by atoms with Gasteiger partial charge in [-0.05, 0) is 37.1 Å². The number of hydrogen-bond acceptors (Lipinski definition) is 4. The number of nitrogens with one attached hydrogen (secondary N) is 2. The SMILES string of the molecule is COC(=O)N=C(N)c1ccc(CNC(=O)c2c(C)[nH]c(C)c2Cc2ccccn2)cc1. The Kier molecular flexibility index (Phi) is 6.81. The van der Waals surface area contributed by atoms with E-state index in [2.05, 4.69) is 25.0 Å². The van der Waals surface area contributed by atoms with Crippen LogP contribution in [0.4, 0.5) is 4.79 Å². The lowest BCUT2D eigenvalue weighted by molar-refractivity contribution is 0.0949. The summed E-state index contributed by atoms with van der Waals surface area (Å²) in [4.78, 5) is 35.4. The Morgan fingerprint density at radius 2 is 1.87 bits per heavy atom. The molecule has 0 unspecified atom stereocenters. The minimum Gasteiger partial charge on any atom is -0.451 e. The number of aromatic amines is 1. The van der Waals surface area contributed by atoms with Gasteiger partial charge in [0.25, 0.3) is 5.91 Å². The van der Waals surface area contributed by atoms with E-state index in [0.717, 1.165) is 28.2 Å². The molecule has 160 valence electrons. The summed E-state index contributed by atoms with van der Waals surface area (Å²) in [6.07, 6.45) is 1.57. The maximum Gasteiger partial charge on any atom is 0.435 e. The van der Waals surface area contributed by atoms with E-state index in [0.29, 0.717) is 24.1 Å². The monoisotopic (exact) mass is 419 g/mol. The van der Waals surface area contributed by atoms with E-state index in [1.165, 1.54) is 7.11 Å². The molecule has 0 fully saturated rings. The van der Waals surface area contributed by atoms with Gasteiger partial charge in [-0.15, -0.1) is 0 Å². The zero-order chi connectivity index (χ0) is 22.4. The molecule has 0 radical (unpaired) electrons. The van der Waals surface area contributed by atoms with Crippen molar-refractivity contribution in [3.8, 4) is 0 Å². The third-order valence-corrected chi connectivity index (χ3v) is 4.90. The van der Waals surface area contributed by atoms with Gasteiger partial charge >= 0.3 is 6.09 Å². The van der Waals surface area contributed by atoms with Gasteiger partial charge in [0.15, 0.2) is 0 Å². The van der Waals surface area contributed by atoms with Crippen molar-refractivity contribution >= 4 is 17.8 Å². The molecule has 8 heteroatoms. The second-order valence-corrected chi connectivity index (χ2v) is 7.07. The lowest BCUT2D eigenvalue weighted by Crippen LogP contribution is -2.24. The van der Waals surface area contributed by atoms with E-state index >= 15 is 0 Å². The molecule has 0 atom stereocenters. The molecule has 0 aliphatic rings. The second kappa shape index (κ2) is 9.71. The van der Waals surface area contributed by atoms with Crippen molar-refractivity contribution < 1.29 is 14.3 Å². The molecule has 0 aliphatic heterocycles. The first-order chi connectivity index (χ1) is 14.9. The van der Waals surface area contributed by atoms with Crippen LogP contribution in [0.3, 0.4) is 0 Å². The summed E-state index contributed by atoms with van der Waals surface area (Å²) in [5.74, 6) is -0.0800. The first kappa shape index (κ1) is 21.8. The molecule has 3 aromatic rings. The summed E-state index contributed by atoms with van der Waals surface area (Å²) in [7, 11) is 1.24. The quantitative estimate of drug-likeness (QED) is 0.419. The van der Waals surface area contributed by atoms with Gasteiger partial charge in [0.2, 0.25) is 0 Å². The smallest absolute Gasteiger partial charge is 0.435 e. The Balaban J connectivity index is 1.70. The van der Waals surface area contributed by atoms with Crippen molar-refractivity contribution in [1.82, 2.24) is 15.3 Å². The molecule has 2 amide bonds. The number of nitrogens with zero attached hydrogens (tertiary/aromatic N) is 2. The van der Waals surface area contributed by atoms with Crippen LogP contribution in [0.5, 0.6) is 0 Å². The van der Waals surface area contributed by atoms with Crippen molar-refractivity contribution in [2.75, 3.05) is 7.11 Å². The van der Waals surface area contributed by atoms with Gasteiger partial charge in [-0.2, -0.15) is 4.99 Å². The lowest BCUT2D eigenvalue weighted by Gasteiger charge is -2.09. The first-order valence-electron chi connectivity index (χ1n) is 9.76. The number of hydrogen-bond donors (Lipinski definition) is 3. The number of pyridine rings is 1. The summed E-state index contributed by atoms with van der Waals surface area (Å²) in [6, 6.07) is 12.9. The fourth-order valence-corrected chi connectivity index (χ4v) is 3.32. The standard InChI is InChI=1S/C23H25N5O3/c1-14-19(12-18-6-4-5-11-25-18)20(15(2)27-14)22(29)26-13-16-7-9-17(10-8-16)21(24)28-23(30)31-3/h4-11,27H,12-13H2,1-3H3,(H,26,29)(H2,24,28,30). The molecule has 4 N–H and O–H groups in total. The van der Waals surface area contributed by atoms with Crippen molar-refractivity contribution in [1.29, 1.82) is 0 Å². The minimum atomic E-state index is -0.757. The zero-order valence-electron chi connectivity index (χ0n) is 17.7. The van der Waals surface area contributed by atoms with Crippen LogP contribution in [0.2, 0.25) is 0 Å². The molecular weight excluding hydrogens is 394 g/mol. The Labute approximate surface area is 180 Å². The summed E-state index contributed by atoms with van der Waals surface area (Å²) >= 11 is 0. The van der Waals surface area contributed by atoms with E-state index in [1.807, 2.05) is 44.2 Å². The van der Waals surface area contributed by atoms with Crippen LogP contribution >= 0.6 is 0 Å². The highest BCUT2D eigenvalue weighted by atomic mass is 16.5. The number of benzene rings is 1. The third-order valence-electron chi connectivity index (χ3n) is 4.90. The molecule has 0 saturated heterocycles. The average molecular weight is 419 g/mol. The summed E-state index contributed by atoms with van der Waals surface area (Å²) in [5.41, 5.74) is 11.5. The Morgan fingerprint density at radius 1 is 1.13 bits per heavy atom. The number of ether oxygens (including phenoxy) is 1. The van der Waals surface area contributed by atoms with E-state index in [4.69, 9.17) is 5.73 Å². The topological polar surface area (TPSA) is 122 Å². The predicted molar refractivity (Wildman–Crippen MR) is 118 cm³/mol. The number of amidine groups is 1. The van der Waals surface area contributed by atoms with Gasteiger partial charge in [0.05, 0.1) is 12.7 Å². The maximum atomic E-state index is 13.0. The van der Waals surface area contributed by atoms with Gasteiger partial charge in [0, 0.05) is 41.8 Å². The number of carbonyl (C=O) groups excluding carboxylic acids is 2. The zero-order valence-corrected chi connectivity index (χ0v) is 17.7. The maximum absolute atomic E-state index is 13.0. The minimum absolute atomic E-state index is 0.0695. The Morgan fingerprint density at radius 3 is 2.52 bits per heavy atom. The number of nitrogens with two attached hydrogens (primary N) is 1. The Hall–Kier alpha value is -3.94. The van der Waals surface area contributed by atoms with Crippen LogP contribution in [-0.4, -0.2) is 34.9 Å². The van der Waals surface area contributed by atoms with Crippen molar-refractivity contribution in [2.45, 2.75) is 26.8 Å². The van der Waals surface area contributed by atoms with Gasteiger partial charge in [-0.3, -0.25) is 9.78 Å². The van der Waals surface area contributed by atoms with E-state index in [-0.39, 0.29) is 11.7 Å². The molecule has 0 aliphatic carbocycles. The summed E-state index contributed by atoms with van der Waals surface area (Å²) < 4.78 is 4.47. The van der Waals surface area contributed by atoms with Crippen LogP contribution in [-0.2, 0) is 17.7 Å². The summed E-state index contributed by atoms with van der Waals surface area (Å²) in [5, 5.41) is 2.97. The molecule has 0 saturated carbocycles. The van der Waals surface area contributed by atoms with E-state index in [1.54, 1.807) is 18.3 Å². The molecule has 0 spiro atoms. The molecule has 8 nitrogen and oxygen atoms in total. The van der Waals surface area contributed by atoms with Crippen molar-refractivity contribution in [3.63, 3.8) is 0 Å². The number of carbonyl (C=O) groups is 2. The Bertz CT molecular complexity index is 1100. The van der Waals surface area contributed by atoms with Crippen LogP contribution in [0.1, 0.15) is 44.1 Å². The number of rotatable bonds is 6. The number of aliphatic imine (C=N–C) groups is 1. The van der Waals surface area contributed by atoms with Crippen LogP contribution in [0, 0.1) is 13.8 Å². The van der Waals surface area contributed by atoms with Gasteiger partial charge in [-0.25, -0.2) is 4.79 Å². The number of aryl methyl sites for hydroxylation is 2. The highest BCUT2D eigenvalue weighted by molar-refractivity contribution is 6.02. The van der Waals surface area contributed by atoms with Crippen molar-refractivity contribution in [2.24, 2.45) is 10.7 Å². The first-order valence-corrected chi connectivity index (χ1v) is 9.76. The van der Waals surface area contributed by atoms with Crippen molar-refractivity contribution in [3.05, 3.63) is 88.0 Å². The molecule has 31 heavy (non-hydrogen) atoms. The molecule has 0 bridgehead atoms. The molecule has 1 aromatic carbocycles. The van der Waals surface area contributed by atoms with Crippen LogP contribution in [0.25, 0.3) is 0 Å². The van der Waals surface area contributed by atoms with Gasteiger partial charge < -0.3 is 20.8 Å².